The molecule has 0 aliphatic carbocycles. The summed E-state index contributed by atoms with van der Waals surface area (Å²) in [6, 6.07) is 3.81. The molecule has 1 aromatic heterocycles. The molecule has 0 fully saturated rings. The Kier molecular flexibility index (Phi) is 3.19. The van der Waals surface area contributed by atoms with Crippen molar-refractivity contribution in [1.82, 2.24) is 4.37 Å². The highest BCUT2D eigenvalue weighted by Crippen LogP contribution is 2.27. The fraction of sp³-hybridized carbons (Fsp3) is 0.167. The quantitative estimate of drug-likeness (QED) is 0.911. The minimum Gasteiger partial charge on any atom is -0.478 e. The Labute approximate surface area is 102 Å². The number of carboxylic acid groups (broad SMARTS) is 1. The number of aromatic carboxylic acids is 1. The molecule has 0 unspecified atom stereocenters. The van der Waals surface area contributed by atoms with Crippen molar-refractivity contribution >= 4 is 17.5 Å². The van der Waals surface area contributed by atoms with Crippen molar-refractivity contribution in [3.8, 4) is 11.1 Å². The number of hydrogen-bond acceptors (Lipinski definition) is 3. The fourth-order valence-electron chi connectivity index (χ4n) is 1.62. The fourth-order valence-corrected chi connectivity index (χ4v) is 2.40. The van der Waals surface area contributed by atoms with E-state index in [-0.39, 0.29) is 5.56 Å². The zero-order chi connectivity index (χ0) is 12.4. The lowest BCUT2D eigenvalue weighted by molar-refractivity contribution is 0.0696. The van der Waals surface area contributed by atoms with Crippen molar-refractivity contribution in [2.75, 3.05) is 0 Å². The van der Waals surface area contributed by atoms with Gasteiger partial charge in [0.2, 0.25) is 0 Å². The SMILES string of the molecule is CCc1nscc1-c1cc(F)cc(C(=O)O)c1. The summed E-state index contributed by atoms with van der Waals surface area (Å²) in [4.78, 5) is 10.8. The van der Waals surface area contributed by atoms with Gasteiger partial charge in [-0.15, -0.1) is 0 Å². The molecule has 0 spiro atoms. The first-order valence-corrected chi connectivity index (χ1v) is 5.93. The Bertz CT molecular complexity index is 565. The topological polar surface area (TPSA) is 50.2 Å². The van der Waals surface area contributed by atoms with Crippen molar-refractivity contribution in [3.63, 3.8) is 0 Å². The lowest BCUT2D eigenvalue weighted by Crippen LogP contribution is -1.98. The maximum atomic E-state index is 13.3. The van der Waals surface area contributed by atoms with Crippen molar-refractivity contribution in [1.29, 1.82) is 0 Å². The molecular formula is C12H10FNO2S. The number of halogens is 1. The monoisotopic (exact) mass is 251 g/mol. The summed E-state index contributed by atoms with van der Waals surface area (Å²) in [6.45, 7) is 1.95. The Balaban J connectivity index is 2.56. The molecule has 0 radical (unpaired) electrons. The number of carbonyl (C=O) groups is 1. The second-order valence-electron chi connectivity index (χ2n) is 3.56. The van der Waals surface area contributed by atoms with Gasteiger partial charge in [0.25, 0.3) is 0 Å². The summed E-state index contributed by atoms with van der Waals surface area (Å²) >= 11 is 1.29. The molecule has 88 valence electrons. The first-order valence-electron chi connectivity index (χ1n) is 5.09. The van der Waals surface area contributed by atoms with Crippen molar-refractivity contribution in [2.24, 2.45) is 0 Å². The maximum absolute atomic E-state index is 13.3. The number of nitrogens with zero attached hydrogens (tertiary/aromatic N) is 1. The van der Waals surface area contributed by atoms with E-state index in [0.717, 1.165) is 23.7 Å². The first-order chi connectivity index (χ1) is 8.11. The van der Waals surface area contributed by atoms with E-state index in [1.54, 1.807) is 5.38 Å². The molecule has 0 saturated heterocycles. The van der Waals surface area contributed by atoms with Gasteiger partial charge in [-0.3, -0.25) is 0 Å². The molecule has 2 aromatic rings. The summed E-state index contributed by atoms with van der Waals surface area (Å²) in [6.07, 6.45) is 0.734. The van der Waals surface area contributed by atoms with Crippen molar-refractivity contribution in [3.05, 3.63) is 40.7 Å². The first kappa shape index (κ1) is 11.7. The Hall–Kier alpha value is -1.75. The van der Waals surface area contributed by atoms with Crippen molar-refractivity contribution < 1.29 is 14.3 Å². The van der Waals surface area contributed by atoms with Gasteiger partial charge in [-0.2, -0.15) is 4.37 Å². The van der Waals surface area contributed by atoms with Crippen molar-refractivity contribution in [2.45, 2.75) is 13.3 Å². The summed E-state index contributed by atoms with van der Waals surface area (Å²) in [5.74, 6) is -1.68. The molecule has 0 amide bonds. The molecule has 2 rings (SSSR count). The third-order valence-electron chi connectivity index (χ3n) is 2.43. The molecule has 0 bridgehead atoms. The second-order valence-corrected chi connectivity index (χ2v) is 4.19. The van der Waals surface area contributed by atoms with Crippen LogP contribution in [-0.2, 0) is 6.42 Å². The van der Waals surface area contributed by atoms with E-state index in [2.05, 4.69) is 4.37 Å². The minimum atomic E-state index is -1.13. The summed E-state index contributed by atoms with van der Waals surface area (Å²) in [5, 5.41) is 10.7. The highest BCUT2D eigenvalue weighted by molar-refractivity contribution is 7.04. The molecule has 1 aromatic carbocycles. The van der Waals surface area contributed by atoms with Crippen LogP contribution in [0.3, 0.4) is 0 Å². The zero-order valence-electron chi connectivity index (χ0n) is 9.11. The molecule has 17 heavy (non-hydrogen) atoms. The average molecular weight is 251 g/mol. The van der Waals surface area contributed by atoms with E-state index in [1.807, 2.05) is 6.92 Å². The van der Waals surface area contributed by atoms with Crippen LogP contribution >= 0.6 is 11.5 Å². The predicted octanol–water partition coefficient (Wildman–Crippen LogP) is 3.21. The lowest BCUT2D eigenvalue weighted by Gasteiger charge is -2.03. The summed E-state index contributed by atoms with van der Waals surface area (Å²) in [7, 11) is 0. The van der Waals surface area contributed by atoms with Crippen LogP contribution in [0.1, 0.15) is 23.0 Å². The van der Waals surface area contributed by atoms with Crippen LogP contribution in [0.4, 0.5) is 4.39 Å². The van der Waals surface area contributed by atoms with Gasteiger partial charge in [0, 0.05) is 10.9 Å². The molecule has 0 atom stereocenters. The Morgan fingerprint density at radius 2 is 2.24 bits per heavy atom. The predicted molar refractivity (Wildman–Crippen MR) is 63.8 cm³/mol. The van der Waals surface area contributed by atoms with Crippen LogP contribution in [0.15, 0.2) is 23.6 Å². The van der Waals surface area contributed by atoms with Crippen LogP contribution in [0.5, 0.6) is 0 Å². The number of hydrogen-bond donors (Lipinski definition) is 1. The van der Waals surface area contributed by atoms with Crippen LogP contribution in [0, 0.1) is 5.82 Å². The van der Waals surface area contributed by atoms with E-state index in [1.165, 1.54) is 23.7 Å². The standard InChI is InChI=1S/C12H10FNO2S/c1-2-11-10(6-17-14-11)7-3-8(12(15)16)5-9(13)4-7/h3-6H,2H2,1H3,(H,15,16). The molecule has 0 aliphatic rings. The van der Waals surface area contributed by atoms with E-state index < -0.39 is 11.8 Å². The van der Waals surface area contributed by atoms with Crippen LogP contribution < -0.4 is 0 Å². The zero-order valence-corrected chi connectivity index (χ0v) is 9.92. The average Bonchev–Trinajstić information content (AvgIpc) is 2.76. The van der Waals surface area contributed by atoms with Gasteiger partial charge in [0.15, 0.2) is 0 Å². The summed E-state index contributed by atoms with van der Waals surface area (Å²) < 4.78 is 17.5. The highest BCUT2D eigenvalue weighted by atomic mass is 32.1. The molecule has 0 aliphatic heterocycles. The number of aromatic nitrogens is 1. The minimum absolute atomic E-state index is 0.0479. The van der Waals surface area contributed by atoms with Gasteiger partial charge in [-0.25, -0.2) is 9.18 Å². The van der Waals surface area contributed by atoms with E-state index >= 15 is 0 Å². The van der Waals surface area contributed by atoms with Gasteiger partial charge in [-0.05, 0) is 41.7 Å². The Morgan fingerprint density at radius 3 is 2.88 bits per heavy atom. The smallest absolute Gasteiger partial charge is 0.335 e. The van der Waals surface area contributed by atoms with Crippen LogP contribution in [-0.4, -0.2) is 15.4 Å². The lowest BCUT2D eigenvalue weighted by atomic mass is 10.0. The molecule has 3 nitrogen and oxygen atoms in total. The maximum Gasteiger partial charge on any atom is 0.335 e. The number of rotatable bonds is 3. The van der Waals surface area contributed by atoms with E-state index in [4.69, 9.17) is 5.11 Å². The Morgan fingerprint density at radius 1 is 1.47 bits per heavy atom. The molecule has 5 heteroatoms. The summed E-state index contributed by atoms with van der Waals surface area (Å²) in [5.41, 5.74) is 2.18. The van der Waals surface area contributed by atoms with Crippen LogP contribution in [0.2, 0.25) is 0 Å². The number of benzene rings is 1. The van der Waals surface area contributed by atoms with Gasteiger partial charge in [-0.1, -0.05) is 6.92 Å². The second kappa shape index (κ2) is 4.63. The highest BCUT2D eigenvalue weighted by Gasteiger charge is 2.12. The van der Waals surface area contributed by atoms with Gasteiger partial charge >= 0.3 is 5.97 Å². The van der Waals surface area contributed by atoms with E-state index in [0.29, 0.717) is 5.56 Å². The molecular weight excluding hydrogens is 241 g/mol. The molecule has 1 heterocycles. The number of aryl methyl sites for hydroxylation is 1. The third kappa shape index (κ3) is 2.34. The largest absolute Gasteiger partial charge is 0.478 e. The van der Waals surface area contributed by atoms with Gasteiger partial charge in [0.1, 0.15) is 5.82 Å². The van der Waals surface area contributed by atoms with Gasteiger partial charge in [0.05, 0.1) is 11.3 Å². The normalized spacial score (nSPS) is 10.5. The molecule has 1 N–H and O–H groups in total. The molecule has 0 saturated carbocycles. The van der Waals surface area contributed by atoms with Gasteiger partial charge < -0.3 is 5.11 Å². The third-order valence-corrected chi connectivity index (χ3v) is 3.10. The number of carboxylic acids is 1. The van der Waals surface area contributed by atoms with E-state index in [9.17, 15) is 9.18 Å². The van der Waals surface area contributed by atoms with Crippen LogP contribution in [0.25, 0.3) is 11.1 Å².